The second kappa shape index (κ2) is 7.26. The zero-order valence-electron chi connectivity index (χ0n) is 10.9. The molecule has 2 amide bonds. The van der Waals surface area contributed by atoms with Gasteiger partial charge in [-0.25, -0.2) is 4.79 Å². The van der Waals surface area contributed by atoms with Crippen molar-refractivity contribution in [1.82, 2.24) is 10.6 Å². The van der Waals surface area contributed by atoms with Gasteiger partial charge in [-0.1, -0.05) is 0 Å². The van der Waals surface area contributed by atoms with Gasteiger partial charge in [-0.15, -0.1) is 11.3 Å². The largest absolute Gasteiger partial charge is 0.373 e. The van der Waals surface area contributed by atoms with E-state index in [4.69, 9.17) is 4.74 Å². The first-order valence-corrected chi connectivity index (χ1v) is 8.16. The fourth-order valence-corrected chi connectivity index (χ4v) is 3.55. The first-order chi connectivity index (χ1) is 9.13. The number of halogens is 1. The van der Waals surface area contributed by atoms with Crippen LogP contribution in [-0.2, 0) is 11.3 Å². The predicted molar refractivity (Wildman–Crippen MR) is 80.4 cm³/mol. The topological polar surface area (TPSA) is 50.4 Å². The van der Waals surface area contributed by atoms with Crippen molar-refractivity contribution in [2.75, 3.05) is 6.54 Å². The molecule has 1 saturated heterocycles. The van der Waals surface area contributed by atoms with Gasteiger partial charge in [-0.2, -0.15) is 0 Å². The molecule has 0 aliphatic carbocycles. The van der Waals surface area contributed by atoms with Crippen LogP contribution >= 0.6 is 27.3 Å². The molecular formula is C13H19BrN2O2S. The molecular weight excluding hydrogens is 328 g/mol. The van der Waals surface area contributed by atoms with Crippen LogP contribution < -0.4 is 10.6 Å². The van der Waals surface area contributed by atoms with Crippen molar-refractivity contribution in [3.8, 4) is 0 Å². The van der Waals surface area contributed by atoms with Crippen LogP contribution in [0.1, 0.15) is 31.1 Å². The molecule has 0 radical (unpaired) electrons. The van der Waals surface area contributed by atoms with Crippen LogP contribution in [0.25, 0.3) is 0 Å². The van der Waals surface area contributed by atoms with Crippen LogP contribution in [0.3, 0.4) is 0 Å². The second-order valence-corrected chi connectivity index (χ2v) is 7.32. The van der Waals surface area contributed by atoms with Gasteiger partial charge in [-0.3, -0.25) is 0 Å². The van der Waals surface area contributed by atoms with Gasteiger partial charge < -0.3 is 15.4 Å². The third kappa shape index (κ3) is 5.12. The molecule has 0 saturated carbocycles. The summed E-state index contributed by atoms with van der Waals surface area (Å²) in [6.07, 6.45) is 3.80. The van der Waals surface area contributed by atoms with Crippen molar-refractivity contribution in [2.24, 2.45) is 0 Å². The summed E-state index contributed by atoms with van der Waals surface area (Å²) < 4.78 is 6.83. The summed E-state index contributed by atoms with van der Waals surface area (Å²) in [6.45, 7) is 3.23. The maximum atomic E-state index is 11.7. The molecule has 106 valence electrons. The fraction of sp³-hybridized carbons (Fsp3) is 0.615. The molecule has 2 atom stereocenters. The van der Waals surface area contributed by atoms with E-state index in [0.717, 1.165) is 21.5 Å². The third-order valence-corrected chi connectivity index (χ3v) is 4.73. The van der Waals surface area contributed by atoms with E-state index in [9.17, 15) is 4.79 Å². The fourth-order valence-electron chi connectivity index (χ4n) is 2.13. The van der Waals surface area contributed by atoms with Gasteiger partial charge in [-0.05, 0) is 54.2 Å². The lowest BCUT2D eigenvalue weighted by molar-refractivity contribution is -0.0368. The summed E-state index contributed by atoms with van der Waals surface area (Å²) >= 11 is 5.03. The van der Waals surface area contributed by atoms with E-state index in [-0.39, 0.29) is 12.1 Å². The third-order valence-electron chi connectivity index (χ3n) is 3.10. The summed E-state index contributed by atoms with van der Waals surface area (Å²) in [5.74, 6) is 0. The molecule has 0 bridgehead atoms. The van der Waals surface area contributed by atoms with Gasteiger partial charge in [0.25, 0.3) is 0 Å². The Hall–Kier alpha value is -0.590. The molecule has 0 aromatic carbocycles. The normalized spacial score (nSPS) is 23.1. The Labute approximate surface area is 126 Å². The molecule has 6 heteroatoms. The number of amides is 2. The number of hydrogen-bond acceptors (Lipinski definition) is 3. The quantitative estimate of drug-likeness (QED) is 0.878. The van der Waals surface area contributed by atoms with E-state index in [2.05, 4.69) is 33.5 Å². The zero-order valence-corrected chi connectivity index (χ0v) is 13.4. The molecule has 2 heterocycles. The van der Waals surface area contributed by atoms with Crippen molar-refractivity contribution >= 4 is 33.3 Å². The number of nitrogens with one attached hydrogen (secondary N) is 2. The first kappa shape index (κ1) is 14.8. The highest BCUT2D eigenvalue weighted by Crippen LogP contribution is 2.21. The van der Waals surface area contributed by atoms with E-state index in [1.54, 1.807) is 11.3 Å². The molecule has 2 unspecified atom stereocenters. The number of carbonyl (C=O) groups is 1. The maximum absolute atomic E-state index is 11.7. The first-order valence-electron chi connectivity index (χ1n) is 6.55. The molecule has 1 aromatic heterocycles. The minimum Gasteiger partial charge on any atom is -0.373 e. The van der Waals surface area contributed by atoms with Crippen LogP contribution in [0.5, 0.6) is 0 Å². The average molecular weight is 347 g/mol. The molecule has 1 aliphatic rings. The molecule has 1 aliphatic heterocycles. The Morgan fingerprint density at radius 1 is 1.47 bits per heavy atom. The monoisotopic (exact) mass is 346 g/mol. The minimum atomic E-state index is -0.133. The van der Waals surface area contributed by atoms with E-state index < -0.39 is 0 Å². The second-order valence-electron chi connectivity index (χ2n) is 4.77. The van der Waals surface area contributed by atoms with Crippen LogP contribution in [0.2, 0.25) is 0 Å². The Kier molecular flexibility index (Phi) is 5.66. The van der Waals surface area contributed by atoms with E-state index in [1.165, 1.54) is 6.42 Å². The number of rotatable bonds is 4. The van der Waals surface area contributed by atoms with E-state index >= 15 is 0 Å². The molecule has 1 fully saturated rings. The molecule has 0 spiro atoms. The zero-order chi connectivity index (χ0) is 13.7. The van der Waals surface area contributed by atoms with Crippen molar-refractivity contribution < 1.29 is 9.53 Å². The summed E-state index contributed by atoms with van der Waals surface area (Å²) in [7, 11) is 0. The Bertz CT molecular complexity index is 425. The lowest BCUT2D eigenvalue weighted by atomic mass is 10.1. The smallest absolute Gasteiger partial charge is 0.315 e. The standard InChI is InChI=1S/C13H19BrN2O2S/c1-9-3-2-4-10(18-9)7-15-13(17)16-8-11-5-6-12(14)19-11/h5-6,9-10H,2-4,7-8H2,1H3,(H2,15,16,17). The van der Waals surface area contributed by atoms with Crippen LogP contribution in [0, 0.1) is 0 Å². The molecule has 19 heavy (non-hydrogen) atoms. The highest BCUT2D eigenvalue weighted by Gasteiger charge is 2.19. The summed E-state index contributed by atoms with van der Waals surface area (Å²) in [5, 5.41) is 5.71. The summed E-state index contributed by atoms with van der Waals surface area (Å²) in [5.41, 5.74) is 0. The number of ether oxygens (including phenoxy) is 1. The average Bonchev–Trinajstić information content (AvgIpc) is 2.80. The number of carbonyl (C=O) groups excluding carboxylic acids is 1. The van der Waals surface area contributed by atoms with Gasteiger partial charge in [0, 0.05) is 11.4 Å². The van der Waals surface area contributed by atoms with Gasteiger partial charge in [0.15, 0.2) is 0 Å². The highest BCUT2D eigenvalue weighted by molar-refractivity contribution is 9.11. The van der Waals surface area contributed by atoms with Crippen LogP contribution in [0.4, 0.5) is 4.79 Å². The lowest BCUT2D eigenvalue weighted by Gasteiger charge is -2.27. The Morgan fingerprint density at radius 2 is 2.32 bits per heavy atom. The van der Waals surface area contributed by atoms with Crippen LogP contribution in [-0.4, -0.2) is 24.8 Å². The lowest BCUT2D eigenvalue weighted by Crippen LogP contribution is -2.42. The van der Waals surface area contributed by atoms with Crippen molar-refractivity contribution in [1.29, 1.82) is 0 Å². The molecule has 2 rings (SSSR count). The van der Waals surface area contributed by atoms with E-state index in [1.807, 2.05) is 12.1 Å². The number of urea groups is 1. The van der Waals surface area contributed by atoms with Gasteiger partial charge in [0.1, 0.15) is 0 Å². The minimum absolute atomic E-state index is 0.133. The van der Waals surface area contributed by atoms with Crippen molar-refractivity contribution in [2.45, 2.75) is 44.9 Å². The van der Waals surface area contributed by atoms with Gasteiger partial charge in [0.2, 0.25) is 0 Å². The predicted octanol–water partition coefficient (Wildman–Crippen LogP) is 3.27. The number of thiophene rings is 1. The molecule has 4 nitrogen and oxygen atoms in total. The van der Waals surface area contributed by atoms with Crippen LogP contribution in [0.15, 0.2) is 15.9 Å². The summed E-state index contributed by atoms with van der Waals surface area (Å²) in [4.78, 5) is 12.8. The van der Waals surface area contributed by atoms with Crippen molar-refractivity contribution in [3.63, 3.8) is 0 Å². The Morgan fingerprint density at radius 3 is 3.00 bits per heavy atom. The summed E-state index contributed by atoms with van der Waals surface area (Å²) in [6, 6.07) is 3.85. The maximum Gasteiger partial charge on any atom is 0.315 e. The highest BCUT2D eigenvalue weighted by atomic mass is 79.9. The Balaban J connectivity index is 1.64. The van der Waals surface area contributed by atoms with Gasteiger partial charge in [0.05, 0.1) is 22.5 Å². The SMILES string of the molecule is CC1CCCC(CNC(=O)NCc2ccc(Br)s2)O1. The molecule has 2 N–H and O–H groups in total. The van der Waals surface area contributed by atoms with E-state index in [0.29, 0.717) is 19.2 Å². The van der Waals surface area contributed by atoms with Crippen molar-refractivity contribution in [3.05, 3.63) is 20.8 Å². The van der Waals surface area contributed by atoms with Gasteiger partial charge >= 0.3 is 6.03 Å². The molecule has 1 aromatic rings. The number of hydrogen-bond donors (Lipinski definition) is 2.